The number of phenolic OH excluding ortho intramolecular Hbond substituents is 1. The summed E-state index contributed by atoms with van der Waals surface area (Å²) < 4.78 is 6.19. The van der Waals surface area contributed by atoms with Gasteiger partial charge in [0, 0.05) is 56.9 Å². The molecule has 1 fully saturated rings. The molecule has 3 heterocycles. The number of rotatable bonds is 19. The van der Waals surface area contributed by atoms with E-state index in [9.17, 15) is 29.4 Å². The minimum Gasteiger partial charge on any atom is -0.507 e. The Kier molecular flexibility index (Phi) is 16.5. The van der Waals surface area contributed by atoms with Gasteiger partial charge in [-0.25, -0.2) is 4.98 Å². The van der Waals surface area contributed by atoms with Crippen molar-refractivity contribution >= 4 is 40.8 Å². The maximum absolute atomic E-state index is 14.2. The molecule has 16 heteroatoms. The van der Waals surface area contributed by atoms with E-state index in [-0.39, 0.29) is 73.7 Å². The summed E-state index contributed by atoms with van der Waals surface area (Å²) in [7, 11) is 1.76. The van der Waals surface area contributed by atoms with Crippen molar-refractivity contribution in [3.05, 3.63) is 107 Å². The molecule has 350 valence electrons. The summed E-state index contributed by atoms with van der Waals surface area (Å²) in [4.78, 5) is 63.1. The molecule has 66 heavy (non-hydrogen) atoms. The number of nitrogens with one attached hydrogen (secondary N) is 2. The number of aryl methyl sites for hydroxylation is 1. The first-order valence-electron chi connectivity index (χ1n) is 22.4. The summed E-state index contributed by atoms with van der Waals surface area (Å²) in [6.07, 6.45) is 1.34. The number of aliphatic hydroxyl groups is 1. The molecular weight excluding hydrogens is 857 g/mol. The Labute approximate surface area is 390 Å². The van der Waals surface area contributed by atoms with Crippen LogP contribution in [-0.2, 0) is 19.2 Å². The number of carbonyl (C=O) groups excluding carboxylic acids is 4. The standard InChI is InChI=1S/C50H62N8O7S/c1-31(33-21-23-35(24-22-33)45-32(2)52-30-66-45)53-48(63)40-25-37(59)28-58(40)49(64)46(50(3,4)5)54-43(61)19-11-8-12-20-44(62)57(6)27-36(34-15-9-7-10-16-34)29-65-42-26-39(55-56-47(42)51)38-17-13-14-18-41(38)60/h7,9-10,13-18,21-24,26,30-31,36-37,40,46,59-60H,8,11-12,19-20,25,27-29H2,1-6H3,(H2,51,56)(H,53,63)(H,54,61)/t31-,36?,37+,40-,46+/m0/s1. The van der Waals surface area contributed by atoms with Gasteiger partial charge in [0.05, 0.1) is 34.8 Å². The number of benzene rings is 3. The highest BCUT2D eigenvalue weighted by atomic mass is 32.1. The van der Waals surface area contributed by atoms with Crippen LogP contribution < -0.4 is 21.1 Å². The van der Waals surface area contributed by atoms with E-state index in [2.05, 4.69) is 25.8 Å². The lowest BCUT2D eigenvalue weighted by molar-refractivity contribution is -0.144. The molecule has 0 radical (unpaired) electrons. The molecule has 1 aliphatic rings. The highest BCUT2D eigenvalue weighted by Crippen LogP contribution is 2.33. The normalized spacial score (nSPS) is 16.3. The van der Waals surface area contributed by atoms with E-state index in [4.69, 9.17) is 10.5 Å². The third kappa shape index (κ3) is 12.7. The summed E-state index contributed by atoms with van der Waals surface area (Å²) in [5.74, 6) is -0.879. The van der Waals surface area contributed by atoms with E-state index in [0.29, 0.717) is 42.8 Å². The minimum atomic E-state index is -0.937. The van der Waals surface area contributed by atoms with Crippen LogP contribution in [0.1, 0.15) is 95.0 Å². The number of para-hydroxylation sites is 1. The number of hydrogen-bond donors (Lipinski definition) is 5. The first kappa shape index (κ1) is 49.1. The lowest BCUT2D eigenvalue weighted by atomic mass is 9.85. The van der Waals surface area contributed by atoms with Gasteiger partial charge < -0.3 is 41.1 Å². The second-order valence-electron chi connectivity index (χ2n) is 18.1. The molecule has 0 aliphatic carbocycles. The van der Waals surface area contributed by atoms with Gasteiger partial charge in [0.1, 0.15) is 23.5 Å². The number of likely N-dealkylation sites (N-methyl/N-ethyl adjacent to an activating group) is 1. The van der Waals surface area contributed by atoms with Crippen LogP contribution >= 0.6 is 11.3 Å². The Balaban J connectivity index is 0.973. The Hall–Kier alpha value is -6.39. The molecule has 0 bridgehead atoms. The van der Waals surface area contributed by atoms with Crippen LogP contribution in [0.3, 0.4) is 0 Å². The van der Waals surface area contributed by atoms with Gasteiger partial charge >= 0.3 is 0 Å². The average Bonchev–Trinajstić information content (AvgIpc) is 3.92. The SMILES string of the molecule is Cc1ncsc1-c1ccc([C@H](C)NC(=O)[C@@H]2C[C@@H](O)CN2C(=O)[C@@H](NC(=O)CCCCCC(=O)N(C)CC(COc2cc(-c3ccccc3O)nnc2N)c2ccccc2)C(C)(C)C)cc1. The maximum Gasteiger partial charge on any atom is 0.246 e. The van der Waals surface area contributed by atoms with Crippen molar-refractivity contribution in [3.8, 4) is 33.2 Å². The summed E-state index contributed by atoms with van der Waals surface area (Å²) in [5.41, 5.74) is 12.0. The topological polar surface area (TPSA) is 213 Å². The number of β-amino-alcohol motifs (C(OH)–C–C–N with tert-alkyl or cyclic N) is 1. The van der Waals surface area contributed by atoms with Gasteiger partial charge in [-0.15, -0.1) is 21.5 Å². The number of nitrogens with zero attached hydrogens (tertiary/aromatic N) is 5. The number of amides is 4. The average molecular weight is 919 g/mol. The number of nitrogen functional groups attached to an aromatic ring is 1. The third-order valence-electron chi connectivity index (χ3n) is 12.0. The summed E-state index contributed by atoms with van der Waals surface area (Å²) in [6.45, 7) is 9.96. The number of nitrogens with two attached hydrogens (primary N) is 1. The van der Waals surface area contributed by atoms with Crippen LogP contribution in [0.15, 0.2) is 90.4 Å². The predicted molar refractivity (Wildman–Crippen MR) is 255 cm³/mol. The van der Waals surface area contributed by atoms with Crippen LogP contribution in [0.5, 0.6) is 11.5 Å². The molecule has 1 unspecified atom stereocenters. The van der Waals surface area contributed by atoms with Crippen molar-refractivity contribution in [2.75, 3.05) is 32.5 Å². The fourth-order valence-corrected chi connectivity index (χ4v) is 8.91. The Bertz CT molecular complexity index is 2440. The highest BCUT2D eigenvalue weighted by Gasteiger charge is 2.44. The van der Waals surface area contributed by atoms with Crippen LogP contribution in [-0.4, -0.2) is 104 Å². The van der Waals surface area contributed by atoms with Gasteiger partial charge in [-0.2, -0.15) is 0 Å². The lowest BCUT2D eigenvalue weighted by Crippen LogP contribution is -2.57. The van der Waals surface area contributed by atoms with Crippen molar-refractivity contribution in [1.29, 1.82) is 0 Å². The first-order valence-corrected chi connectivity index (χ1v) is 23.3. The van der Waals surface area contributed by atoms with E-state index in [1.807, 2.05) is 94.7 Å². The van der Waals surface area contributed by atoms with Crippen molar-refractivity contribution < 1.29 is 34.1 Å². The summed E-state index contributed by atoms with van der Waals surface area (Å²) in [6, 6.07) is 23.9. The Morgan fingerprint density at radius 2 is 1.64 bits per heavy atom. The van der Waals surface area contributed by atoms with Crippen molar-refractivity contribution in [3.63, 3.8) is 0 Å². The number of anilines is 1. The summed E-state index contributed by atoms with van der Waals surface area (Å²) in [5, 5.41) is 35.1. The molecular formula is C50H62N8O7S. The molecule has 5 atom stereocenters. The molecule has 4 amide bonds. The van der Waals surface area contributed by atoms with Crippen LogP contribution in [0.4, 0.5) is 5.82 Å². The zero-order chi connectivity index (χ0) is 47.5. The van der Waals surface area contributed by atoms with E-state index >= 15 is 0 Å². The maximum atomic E-state index is 14.2. The quantitative estimate of drug-likeness (QED) is 0.0543. The molecule has 0 saturated carbocycles. The zero-order valence-electron chi connectivity index (χ0n) is 38.6. The van der Waals surface area contributed by atoms with Gasteiger partial charge in [0.15, 0.2) is 11.6 Å². The van der Waals surface area contributed by atoms with Gasteiger partial charge in [0.2, 0.25) is 23.6 Å². The number of phenols is 1. The third-order valence-corrected chi connectivity index (χ3v) is 12.9. The Morgan fingerprint density at radius 3 is 2.32 bits per heavy atom. The molecule has 5 aromatic rings. The summed E-state index contributed by atoms with van der Waals surface area (Å²) >= 11 is 1.57. The number of unbranched alkanes of at least 4 members (excludes halogenated alkanes) is 2. The molecule has 2 aromatic heterocycles. The van der Waals surface area contributed by atoms with E-state index < -0.39 is 29.5 Å². The highest BCUT2D eigenvalue weighted by molar-refractivity contribution is 7.13. The fourth-order valence-electron chi connectivity index (χ4n) is 8.10. The number of ether oxygens (including phenoxy) is 1. The number of thiazole rings is 1. The monoisotopic (exact) mass is 918 g/mol. The Morgan fingerprint density at radius 1 is 0.939 bits per heavy atom. The van der Waals surface area contributed by atoms with E-state index in [0.717, 1.165) is 27.3 Å². The number of aromatic hydroxyl groups is 1. The van der Waals surface area contributed by atoms with E-state index in [1.165, 1.54) is 4.90 Å². The molecule has 6 N–H and O–H groups in total. The van der Waals surface area contributed by atoms with Gasteiger partial charge in [0.25, 0.3) is 0 Å². The molecule has 0 spiro atoms. The number of aliphatic hydroxyl groups excluding tert-OH is 1. The molecule has 6 rings (SSSR count). The zero-order valence-corrected chi connectivity index (χ0v) is 39.4. The first-order chi connectivity index (χ1) is 31.5. The number of hydrogen-bond acceptors (Lipinski definition) is 12. The lowest BCUT2D eigenvalue weighted by Gasteiger charge is -2.35. The van der Waals surface area contributed by atoms with Gasteiger partial charge in [-0.3, -0.25) is 19.2 Å². The van der Waals surface area contributed by atoms with E-state index in [1.54, 1.807) is 53.6 Å². The van der Waals surface area contributed by atoms with Crippen molar-refractivity contribution in [2.24, 2.45) is 5.41 Å². The van der Waals surface area contributed by atoms with Crippen LogP contribution in [0.2, 0.25) is 0 Å². The molecule has 15 nitrogen and oxygen atoms in total. The molecule has 3 aromatic carbocycles. The largest absolute Gasteiger partial charge is 0.507 e. The number of likely N-dealkylation sites (tertiary alicyclic amines) is 1. The second-order valence-corrected chi connectivity index (χ2v) is 19.0. The van der Waals surface area contributed by atoms with Gasteiger partial charge in [-0.05, 0) is 60.9 Å². The van der Waals surface area contributed by atoms with Crippen molar-refractivity contribution in [2.45, 2.75) is 103 Å². The van der Waals surface area contributed by atoms with Crippen LogP contribution in [0.25, 0.3) is 21.7 Å². The predicted octanol–water partition coefficient (Wildman–Crippen LogP) is 6.80. The number of carbonyl (C=O) groups is 4. The minimum absolute atomic E-state index is 0.0171. The fraction of sp³-hybridized carbons (Fsp3) is 0.420. The second kappa shape index (κ2) is 22.2. The van der Waals surface area contributed by atoms with Crippen molar-refractivity contribution in [1.82, 2.24) is 35.6 Å². The molecule has 1 saturated heterocycles. The molecule has 1 aliphatic heterocycles. The van der Waals surface area contributed by atoms with Gasteiger partial charge in [-0.1, -0.05) is 93.9 Å². The number of aromatic nitrogens is 3. The smallest absolute Gasteiger partial charge is 0.246 e. The van der Waals surface area contributed by atoms with Crippen LogP contribution in [0, 0.1) is 12.3 Å².